The third-order valence-corrected chi connectivity index (χ3v) is 3.90. The summed E-state index contributed by atoms with van der Waals surface area (Å²) in [6, 6.07) is 3.75. The van der Waals surface area contributed by atoms with Gasteiger partial charge >= 0.3 is 0 Å². The fraction of sp³-hybridized carbons (Fsp3) is 0.615. The zero-order valence-electron chi connectivity index (χ0n) is 10.5. The average Bonchev–Trinajstić information content (AvgIpc) is 2.34. The molecule has 2 rings (SSSR count). The summed E-state index contributed by atoms with van der Waals surface area (Å²) in [5.41, 5.74) is 5.88. The molecule has 17 heavy (non-hydrogen) atoms. The minimum absolute atomic E-state index is 0.0273. The second kappa shape index (κ2) is 4.53. The zero-order valence-corrected chi connectivity index (χ0v) is 10.5. The molecule has 1 aliphatic carbocycles. The van der Waals surface area contributed by atoms with E-state index in [2.05, 4.69) is 6.92 Å². The molecule has 4 heteroatoms. The van der Waals surface area contributed by atoms with Crippen LogP contribution in [0.1, 0.15) is 38.6 Å². The molecular weight excluding hydrogens is 216 g/mol. The lowest BCUT2D eigenvalue weighted by atomic mass is 9.83. The minimum atomic E-state index is -0.0708. The summed E-state index contributed by atoms with van der Waals surface area (Å²) in [5.74, 6) is 0. The molecule has 2 N–H and O–H groups in total. The largest absolute Gasteiger partial charge is 0.394 e. The van der Waals surface area contributed by atoms with Gasteiger partial charge in [-0.2, -0.15) is 0 Å². The van der Waals surface area contributed by atoms with Crippen molar-refractivity contribution in [2.45, 2.75) is 44.2 Å². The van der Waals surface area contributed by atoms with Crippen LogP contribution < -0.4 is 11.3 Å². The van der Waals surface area contributed by atoms with E-state index < -0.39 is 0 Å². The van der Waals surface area contributed by atoms with Gasteiger partial charge in [0.25, 0.3) is 5.56 Å². The molecule has 0 saturated heterocycles. The molecule has 0 atom stereocenters. The number of nitrogens with two attached hydrogens (primary N) is 1. The molecular formula is C13H20N2O2. The first-order chi connectivity index (χ1) is 8.06. The second-order valence-electron chi connectivity index (χ2n) is 5.06. The summed E-state index contributed by atoms with van der Waals surface area (Å²) in [4.78, 5) is 11.9. The van der Waals surface area contributed by atoms with Gasteiger partial charge in [0.2, 0.25) is 0 Å². The van der Waals surface area contributed by atoms with E-state index in [0.29, 0.717) is 5.69 Å². The Morgan fingerprint density at radius 3 is 2.71 bits per heavy atom. The monoisotopic (exact) mass is 236 g/mol. The van der Waals surface area contributed by atoms with Crippen LogP contribution in [0.25, 0.3) is 0 Å². The fourth-order valence-corrected chi connectivity index (χ4v) is 2.51. The molecule has 1 fully saturated rings. The van der Waals surface area contributed by atoms with Crippen molar-refractivity contribution in [3.8, 4) is 0 Å². The van der Waals surface area contributed by atoms with Gasteiger partial charge < -0.3 is 15.0 Å². The first kappa shape index (κ1) is 12.2. The van der Waals surface area contributed by atoms with Crippen LogP contribution in [-0.4, -0.2) is 17.3 Å². The van der Waals surface area contributed by atoms with E-state index in [9.17, 15) is 4.79 Å². The van der Waals surface area contributed by atoms with Crippen molar-refractivity contribution in [1.29, 1.82) is 0 Å². The molecule has 0 spiro atoms. The molecule has 0 aliphatic heterocycles. The molecule has 1 saturated carbocycles. The van der Waals surface area contributed by atoms with Crippen LogP contribution in [0.15, 0.2) is 23.1 Å². The van der Waals surface area contributed by atoms with E-state index in [4.69, 9.17) is 10.5 Å². The first-order valence-corrected chi connectivity index (χ1v) is 6.07. The highest BCUT2D eigenvalue weighted by Crippen LogP contribution is 2.35. The molecule has 0 radical (unpaired) electrons. The summed E-state index contributed by atoms with van der Waals surface area (Å²) in [7, 11) is 1.76. The highest BCUT2D eigenvalue weighted by atomic mass is 16.5. The van der Waals surface area contributed by atoms with Crippen molar-refractivity contribution >= 4 is 5.69 Å². The summed E-state index contributed by atoms with van der Waals surface area (Å²) >= 11 is 0. The maximum Gasteiger partial charge on any atom is 0.273 e. The van der Waals surface area contributed by atoms with Gasteiger partial charge in [0.15, 0.2) is 0 Å². The normalized spacial score (nSPS) is 29.2. The Morgan fingerprint density at radius 2 is 2.12 bits per heavy atom. The Morgan fingerprint density at radius 1 is 1.47 bits per heavy atom. The van der Waals surface area contributed by atoms with Crippen LogP contribution in [-0.2, 0) is 4.74 Å². The number of methoxy groups -OCH3 is 1. The minimum Gasteiger partial charge on any atom is -0.394 e. The molecule has 0 aromatic carbocycles. The van der Waals surface area contributed by atoms with Gasteiger partial charge in [-0.25, -0.2) is 0 Å². The van der Waals surface area contributed by atoms with Crippen molar-refractivity contribution in [3.05, 3.63) is 28.7 Å². The fourth-order valence-electron chi connectivity index (χ4n) is 2.51. The third kappa shape index (κ3) is 2.36. The maximum absolute atomic E-state index is 11.9. The number of hydrogen-bond donors (Lipinski definition) is 1. The standard InChI is InChI=1S/C13H20N2O2/c1-13(17-2)7-5-10(6-8-13)15-9-3-4-11(14)12(15)16/h3-4,9-10H,5-8,14H2,1-2H3/t10-,13-. The van der Waals surface area contributed by atoms with E-state index in [0.717, 1.165) is 25.7 Å². The van der Waals surface area contributed by atoms with Gasteiger partial charge in [0, 0.05) is 19.3 Å². The molecule has 1 aromatic heterocycles. The second-order valence-corrected chi connectivity index (χ2v) is 5.06. The topological polar surface area (TPSA) is 57.2 Å². The number of hydrogen-bond acceptors (Lipinski definition) is 3. The SMILES string of the molecule is CO[C@]1(C)CC[C@@H](n2cccc(N)c2=O)CC1. The van der Waals surface area contributed by atoms with Crippen molar-refractivity contribution in [3.63, 3.8) is 0 Å². The van der Waals surface area contributed by atoms with Gasteiger partial charge in [-0.3, -0.25) is 4.79 Å². The summed E-state index contributed by atoms with van der Waals surface area (Å²) in [6.07, 6.45) is 5.73. The molecule has 0 unspecified atom stereocenters. The van der Waals surface area contributed by atoms with E-state index in [1.807, 2.05) is 12.3 Å². The predicted molar refractivity (Wildman–Crippen MR) is 68.0 cm³/mol. The van der Waals surface area contributed by atoms with Gasteiger partial charge in [-0.05, 0) is 44.7 Å². The summed E-state index contributed by atoms with van der Waals surface area (Å²) < 4.78 is 7.27. The van der Waals surface area contributed by atoms with Crippen LogP contribution in [0.3, 0.4) is 0 Å². The average molecular weight is 236 g/mol. The van der Waals surface area contributed by atoms with Crippen molar-refractivity contribution in [2.75, 3.05) is 12.8 Å². The number of nitrogens with zero attached hydrogens (tertiary/aromatic N) is 1. The van der Waals surface area contributed by atoms with E-state index >= 15 is 0 Å². The quantitative estimate of drug-likeness (QED) is 0.853. The van der Waals surface area contributed by atoms with Gasteiger partial charge in [0.1, 0.15) is 0 Å². The summed E-state index contributed by atoms with van der Waals surface area (Å²) in [6.45, 7) is 2.13. The number of anilines is 1. The van der Waals surface area contributed by atoms with Gasteiger partial charge in [0.05, 0.1) is 11.3 Å². The summed E-state index contributed by atoms with van der Waals surface area (Å²) in [5, 5.41) is 0. The Hall–Kier alpha value is -1.29. The predicted octanol–water partition coefficient (Wildman–Crippen LogP) is 1.95. The Kier molecular flexibility index (Phi) is 3.24. The number of ether oxygens (including phenoxy) is 1. The number of aromatic nitrogens is 1. The van der Waals surface area contributed by atoms with E-state index in [-0.39, 0.29) is 17.2 Å². The Labute approximate surface area is 101 Å². The Bertz CT molecular complexity index is 445. The van der Waals surface area contributed by atoms with Gasteiger partial charge in [-0.1, -0.05) is 0 Å². The van der Waals surface area contributed by atoms with Crippen molar-refractivity contribution in [1.82, 2.24) is 4.57 Å². The smallest absolute Gasteiger partial charge is 0.273 e. The van der Waals surface area contributed by atoms with Crippen LogP contribution in [0.2, 0.25) is 0 Å². The number of rotatable bonds is 2. The van der Waals surface area contributed by atoms with E-state index in [1.165, 1.54) is 0 Å². The van der Waals surface area contributed by atoms with E-state index in [1.54, 1.807) is 17.7 Å². The Balaban J connectivity index is 2.16. The van der Waals surface area contributed by atoms with Crippen molar-refractivity contribution in [2.24, 2.45) is 0 Å². The van der Waals surface area contributed by atoms with Crippen LogP contribution in [0.4, 0.5) is 5.69 Å². The molecule has 1 heterocycles. The number of nitrogen functional groups attached to an aromatic ring is 1. The lowest BCUT2D eigenvalue weighted by Gasteiger charge is -2.36. The van der Waals surface area contributed by atoms with Gasteiger partial charge in [-0.15, -0.1) is 0 Å². The van der Waals surface area contributed by atoms with Crippen molar-refractivity contribution < 1.29 is 4.74 Å². The highest BCUT2D eigenvalue weighted by Gasteiger charge is 2.31. The van der Waals surface area contributed by atoms with Crippen LogP contribution in [0.5, 0.6) is 0 Å². The zero-order chi connectivity index (χ0) is 12.5. The number of pyridine rings is 1. The molecule has 94 valence electrons. The molecule has 0 bridgehead atoms. The third-order valence-electron chi connectivity index (χ3n) is 3.90. The maximum atomic E-state index is 11.9. The van der Waals surface area contributed by atoms with Crippen LogP contribution >= 0.6 is 0 Å². The highest BCUT2D eigenvalue weighted by molar-refractivity contribution is 5.33. The lowest BCUT2D eigenvalue weighted by molar-refractivity contribution is -0.0324. The lowest BCUT2D eigenvalue weighted by Crippen LogP contribution is -2.36. The van der Waals surface area contributed by atoms with Crippen LogP contribution in [0, 0.1) is 0 Å². The molecule has 4 nitrogen and oxygen atoms in total. The first-order valence-electron chi connectivity index (χ1n) is 6.07. The molecule has 0 amide bonds. The molecule has 1 aromatic rings. The molecule has 1 aliphatic rings.